The number of nitrogens with one attached hydrogen (secondary N) is 1. The van der Waals surface area contributed by atoms with Crippen molar-refractivity contribution in [3.63, 3.8) is 0 Å². The van der Waals surface area contributed by atoms with Crippen LogP contribution in [0, 0.1) is 5.82 Å². The van der Waals surface area contributed by atoms with Gasteiger partial charge in [0.2, 0.25) is 0 Å². The number of halogens is 2. The van der Waals surface area contributed by atoms with Crippen LogP contribution in [0.5, 0.6) is 0 Å². The summed E-state index contributed by atoms with van der Waals surface area (Å²) in [4.78, 5) is 2.34. The van der Waals surface area contributed by atoms with Crippen LogP contribution in [0.2, 0.25) is 0 Å². The molecule has 0 fully saturated rings. The molecule has 2 nitrogen and oxygen atoms in total. The van der Waals surface area contributed by atoms with Gasteiger partial charge < -0.3 is 10.2 Å². The highest BCUT2D eigenvalue weighted by atomic mass is 79.9. The van der Waals surface area contributed by atoms with Gasteiger partial charge in [-0.2, -0.15) is 0 Å². The fraction of sp³-hybridized carbons (Fsp3) is 0.250. The van der Waals surface area contributed by atoms with Gasteiger partial charge in [-0.1, -0.05) is 18.2 Å². The van der Waals surface area contributed by atoms with E-state index in [4.69, 9.17) is 0 Å². The normalized spacial score (nSPS) is 14.4. The Morgan fingerprint density at radius 2 is 2.05 bits per heavy atom. The molecule has 1 aliphatic heterocycles. The van der Waals surface area contributed by atoms with Crippen molar-refractivity contribution in [2.45, 2.75) is 13.0 Å². The molecule has 1 aliphatic rings. The van der Waals surface area contributed by atoms with Crippen LogP contribution < -0.4 is 10.2 Å². The fourth-order valence-electron chi connectivity index (χ4n) is 2.53. The highest BCUT2D eigenvalue weighted by Crippen LogP contribution is 2.29. The molecule has 0 bridgehead atoms. The van der Waals surface area contributed by atoms with Crippen molar-refractivity contribution < 1.29 is 4.39 Å². The second kappa shape index (κ2) is 5.83. The third kappa shape index (κ3) is 2.80. The standard InChI is InChI=1S/C16H16BrFN2/c17-13-10-12(6-7-14(13)18)11-20-9-3-8-19-15-4-1-2-5-16(15)20/h1-2,4-7,10,19H,3,8-9,11H2. The van der Waals surface area contributed by atoms with Crippen LogP contribution in [0.1, 0.15) is 12.0 Å². The van der Waals surface area contributed by atoms with Gasteiger partial charge in [-0.15, -0.1) is 0 Å². The molecule has 3 rings (SSSR count). The van der Waals surface area contributed by atoms with Crippen molar-refractivity contribution in [2.75, 3.05) is 23.3 Å². The molecular formula is C16H16BrFN2. The third-order valence-corrected chi connectivity index (χ3v) is 4.13. The van der Waals surface area contributed by atoms with E-state index in [0.717, 1.165) is 31.6 Å². The lowest BCUT2D eigenvalue weighted by atomic mass is 10.1. The Hall–Kier alpha value is -1.55. The summed E-state index contributed by atoms with van der Waals surface area (Å²) in [6, 6.07) is 13.6. The lowest BCUT2D eigenvalue weighted by molar-refractivity contribution is 0.619. The van der Waals surface area contributed by atoms with Gasteiger partial charge in [0.1, 0.15) is 5.82 Å². The molecule has 4 heteroatoms. The summed E-state index contributed by atoms with van der Waals surface area (Å²) in [6.07, 6.45) is 1.09. The van der Waals surface area contributed by atoms with Gasteiger partial charge in [0, 0.05) is 19.6 Å². The number of nitrogens with zero attached hydrogens (tertiary/aromatic N) is 1. The first-order chi connectivity index (χ1) is 9.74. The molecule has 104 valence electrons. The first-order valence-corrected chi connectivity index (χ1v) is 7.55. The summed E-state index contributed by atoms with van der Waals surface area (Å²) in [5.74, 6) is -0.216. The minimum Gasteiger partial charge on any atom is -0.383 e. The first-order valence-electron chi connectivity index (χ1n) is 6.76. The molecule has 0 saturated heterocycles. The Balaban J connectivity index is 1.88. The Bertz CT molecular complexity index is 615. The van der Waals surface area contributed by atoms with E-state index in [1.54, 1.807) is 0 Å². The number of para-hydroxylation sites is 2. The molecule has 0 spiro atoms. The Morgan fingerprint density at radius 1 is 1.20 bits per heavy atom. The summed E-state index contributed by atoms with van der Waals surface area (Å²) < 4.78 is 13.8. The van der Waals surface area contributed by atoms with E-state index in [0.29, 0.717) is 4.47 Å². The lowest BCUT2D eigenvalue weighted by Gasteiger charge is -2.24. The van der Waals surface area contributed by atoms with Crippen LogP contribution in [0.25, 0.3) is 0 Å². The third-order valence-electron chi connectivity index (χ3n) is 3.52. The van der Waals surface area contributed by atoms with Crippen molar-refractivity contribution in [3.05, 3.63) is 58.3 Å². The SMILES string of the molecule is Fc1ccc(CN2CCCNc3ccccc32)cc1Br. The summed E-state index contributed by atoms with van der Waals surface area (Å²) >= 11 is 3.25. The second-order valence-electron chi connectivity index (χ2n) is 4.97. The fourth-order valence-corrected chi connectivity index (χ4v) is 2.96. The van der Waals surface area contributed by atoms with Gasteiger partial charge in [-0.3, -0.25) is 0 Å². The summed E-state index contributed by atoms with van der Waals surface area (Å²) in [5, 5.41) is 3.45. The summed E-state index contributed by atoms with van der Waals surface area (Å²) in [7, 11) is 0. The smallest absolute Gasteiger partial charge is 0.137 e. The van der Waals surface area contributed by atoms with Gasteiger partial charge in [-0.25, -0.2) is 4.39 Å². The molecule has 0 saturated carbocycles. The predicted octanol–water partition coefficient (Wildman–Crippen LogP) is 4.41. The van der Waals surface area contributed by atoms with Crippen molar-refractivity contribution >= 4 is 27.3 Å². The first kappa shape index (κ1) is 13.4. The number of hydrogen-bond acceptors (Lipinski definition) is 2. The van der Waals surface area contributed by atoms with E-state index in [9.17, 15) is 4.39 Å². The van der Waals surface area contributed by atoms with E-state index in [1.165, 1.54) is 17.4 Å². The molecule has 0 radical (unpaired) electrons. The molecular weight excluding hydrogens is 319 g/mol. The van der Waals surface area contributed by atoms with E-state index in [2.05, 4.69) is 44.3 Å². The maximum Gasteiger partial charge on any atom is 0.137 e. The quantitative estimate of drug-likeness (QED) is 0.875. The number of fused-ring (bicyclic) bond motifs is 1. The van der Waals surface area contributed by atoms with Gasteiger partial charge in [0.25, 0.3) is 0 Å². The largest absolute Gasteiger partial charge is 0.383 e. The van der Waals surface area contributed by atoms with Crippen molar-refractivity contribution in [3.8, 4) is 0 Å². The number of hydrogen-bond donors (Lipinski definition) is 1. The van der Waals surface area contributed by atoms with Gasteiger partial charge >= 0.3 is 0 Å². The molecule has 1 N–H and O–H groups in total. The Labute approximate surface area is 126 Å². The van der Waals surface area contributed by atoms with Crippen molar-refractivity contribution in [1.29, 1.82) is 0 Å². The average molecular weight is 335 g/mol. The zero-order valence-corrected chi connectivity index (χ0v) is 12.7. The maximum absolute atomic E-state index is 13.3. The van der Waals surface area contributed by atoms with Crippen LogP contribution >= 0.6 is 15.9 Å². The van der Waals surface area contributed by atoms with E-state index >= 15 is 0 Å². The molecule has 0 aromatic heterocycles. The van der Waals surface area contributed by atoms with Crippen LogP contribution in [0.3, 0.4) is 0 Å². The molecule has 0 aliphatic carbocycles. The minimum atomic E-state index is -0.216. The van der Waals surface area contributed by atoms with Crippen LogP contribution in [-0.4, -0.2) is 13.1 Å². The van der Waals surface area contributed by atoms with Crippen molar-refractivity contribution in [2.24, 2.45) is 0 Å². The monoisotopic (exact) mass is 334 g/mol. The molecule has 0 unspecified atom stereocenters. The topological polar surface area (TPSA) is 15.3 Å². The van der Waals surface area contributed by atoms with Gasteiger partial charge in [0.05, 0.1) is 15.8 Å². The molecule has 0 amide bonds. The molecule has 0 atom stereocenters. The summed E-state index contributed by atoms with van der Waals surface area (Å²) in [6.45, 7) is 2.78. The van der Waals surface area contributed by atoms with E-state index in [-0.39, 0.29) is 5.82 Å². The highest BCUT2D eigenvalue weighted by molar-refractivity contribution is 9.10. The zero-order valence-electron chi connectivity index (χ0n) is 11.1. The Kier molecular flexibility index (Phi) is 3.92. The lowest BCUT2D eigenvalue weighted by Crippen LogP contribution is -2.23. The second-order valence-corrected chi connectivity index (χ2v) is 5.82. The highest BCUT2D eigenvalue weighted by Gasteiger charge is 2.15. The molecule has 20 heavy (non-hydrogen) atoms. The number of rotatable bonds is 2. The van der Waals surface area contributed by atoms with Gasteiger partial charge in [0.15, 0.2) is 0 Å². The van der Waals surface area contributed by atoms with Crippen molar-refractivity contribution in [1.82, 2.24) is 0 Å². The average Bonchev–Trinajstić information content (AvgIpc) is 2.66. The molecule has 2 aromatic carbocycles. The van der Waals surface area contributed by atoms with Gasteiger partial charge in [-0.05, 0) is 52.2 Å². The number of anilines is 2. The summed E-state index contributed by atoms with van der Waals surface area (Å²) in [5.41, 5.74) is 3.49. The maximum atomic E-state index is 13.3. The zero-order chi connectivity index (χ0) is 13.9. The van der Waals surface area contributed by atoms with Crippen LogP contribution in [-0.2, 0) is 6.54 Å². The Morgan fingerprint density at radius 3 is 2.90 bits per heavy atom. The number of benzene rings is 2. The van der Waals surface area contributed by atoms with Crippen LogP contribution in [0.4, 0.5) is 15.8 Å². The van der Waals surface area contributed by atoms with Crippen LogP contribution in [0.15, 0.2) is 46.9 Å². The predicted molar refractivity (Wildman–Crippen MR) is 84.7 cm³/mol. The van der Waals surface area contributed by atoms with E-state index in [1.807, 2.05) is 18.2 Å². The molecule has 2 aromatic rings. The molecule has 1 heterocycles. The minimum absolute atomic E-state index is 0.216. The van der Waals surface area contributed by atoms with E-state index < -0.39 is 0 Å².